The standard InChI is InChI=1S/C21H21ClN2O/c22-17-9-5-7-15(13-17)16-8-6-11-20-19(14-16)24-21(25-20)18-10-3-1-2-4-12-23-18/h2,4-5,7,9-10,12-13,16H,1,3,6,8,11,14H2. The first-order valence-corrected chi connectivity index (χ1v) is 9.31. The zero-order chi connectivity index (χ0) is 17.1. The molecule has 0 radical (unpaired) electrons. The van der Waals surface area contributed by atoms with Crippen LogP contribution in [0.3, 0.4) is 0 Å². The number of rotatable bonds is 2. The van der Waals surface area contributed by atoms with E-state index in [0.717, 1.165) is 60.7 Å². The molecular formula is C21H21ClN2O. The molecule has 1 atom stereocenters. The van der Waals surface area contributed by atoms with Crippen molar-refractivity contribution in [2.75, 3.05) is 0 Å². The highest BCUT2D eigenvalue weighted by Crippen LogP contribution is 2.34. The van der Waals surface area contributed by atoms with Crippen molar-refractivity contribution < 1.29 is 4.42 Å². The van der Waals surface area contributed by atoms with E-state index in [9.17, 15) is 0 Å². The fourth-order valence-corrected chi connectivity index (χ4v) is 3.73. The summed E-state index contributed by atoms with van der Waals surface area (Å²) in [7, 11) is 0. The molecule has 0 amide bonds. The first kappa shape index (κ1) is 16.3. The van der Waals surface area contributed by atoms with Crippen LogP contribution in [0.15, 0.2) is 51.9 Å². The van der Waals surface area contributed by atoms with Gasteiger partial charge in [-0.2, -0.15) is 0 Å². The average Bonchev–Trinajstić information content (AvgIpc) is 2.86. The van der Waals surface area contributed by atoms with Crippen molar-refractivity contribution in [2.45, 2.75) is 44.4 Å². The smallest absolute Gasteiger partial charge is 0.245 e. The van der Waals surface area contributed by atoms with Gasteiger partial charge in [0.15, 0.2) is 0 Å². The van der Waals surface area contributed by atoms with Gasteiger partial charge in [-0.1, -0.05) is 35.9 Å². The van der Waals surface area contributed by atoms with Crippen LogP contribution in [0.2, 0.25) is 5.02 Å². The molecule has 2 aromatic rings. The second kappa shape index (κ2) is 7.40. The van der Waals surface area contributed by atoms with Crippen molar-refractivity contribution in [1.82, 2.24) is 4.98 Å². The van der Waals surface area contributed by atoms with E-state index in [1.807, 2.05) is 24.4 Å². The molecule has 1 unspecified atom stereocenters. The molecule has 128 valence electrons. The van der Waals surface area contributed by atoms with Crippen LogP contribution in [0.1, 0.15) is 54.5 Å². The summed E-state index contributed by atoms with van der Waals surface area (Å²) in [6.45, 7) is 0. The van der Waals surface area contributed by atoms with Crippen molar-refractivity contribution in [3.63, 3.8) is 0 Å². The Labute approximate surface area is 153 Å². The van der Waals surface area contributed by atoms with Gasteiger partial charge in [0.2, 0.25) is 5.89 Å². The molecule has 0 saturated heterocycles. The van der Waals surface area contributed by atoms with E-state index in [0.29, 0.717) is 11.8 Å². The third kappa shape index (κ3) is 3.77. The Morgan fingerprint density at radius 1 is 1.20 bits per heavy atom. The molecule has 1 aliphatic heterocycles. The van der Waals surface area contributed by atoms with Gasteiger partial charge in [-0.25, -0.2) is 4.98 Å². The summed E-state index contributed by atoms with van der Waals surface area (Å²) >= 11 is 6.18. The molecule has 4 rings (SSSR count). The van der Waals surface area contributed by atoms with Crippen LogP contribution >= 0.6 is 11.6 Å². The molecule has 1 aromatic carbocycles. The summed E-state index contributed by atoms with van der Waals surface area (Å²) in [5, 5.41) is 0.796. The SMILES string of the molecule is Clc1cccc(C2CCCc3oc(C4=CCCC=CC=N4)nc3C2)c1. The molecule has 1 aromatic heterocycles. The molecule has 0 fully saturated rings. The lowest BCUT2D eigenvalue weighted by Crippen LogP contribution is -2.02. The number of oxazole rings is 1. The third-order valence-corrected chi connectivity index (χ3v) is 5.06. The van der Waals surface area contributed by atoms with Gasteiger partial charge in [0.25, 0.3) is 0 Å². The molecule has 0 N–H and O–H groups in total. The minimum atomic E-state index is 0.440. The van der Waals surface area contributed by atoms with Crippen LogP contribution in [0, 0.1) is 0 Å². The first-order valence-electron chi connectivity index (χ1n) is 8.93. The minimum absolute atomic E-state index is 0.440. The van der Waals surface area contributed by atoms with E-state index in [4.69, 9.17) is 21.0 Å². The summed E-state index contributed by atoms with van der Waals surface area (Å²) in [6, 6.07) is 8.19. The largest absolute Gasteiger partial charge is 0.440 e. The Morgan fingerprint density at radius 2 is 2.16 bits per heavy atom. The van der Waals surface area contributed by atoms with Gasteiger partial charge < -0.3 is 4.42 Å². The summed E-state index contributed by atoms with van der Waals surface area (Å²) in [6.07, 6.45) is 14.1. The van der Waals surface area contributed by atoms with Crippen molar-refractivity contribution in [3.8, 4) is 0 Å². The molecule has 0 bridgehead atoms. The van der Waals surface area contributed by atoms with E-state index < -0.39 is 0 Å². The maximum atomic E-state index is 6.18. The molecule has 25 heavy (non-hydrogen) atoms. The Balaban J connectivity index is 1.61. The second-order valence-corrected chi connectivity index (χ2v) is 7.05. The Kier molecular flexibility index (Phi) is 4.84. The predicted octanol–water partition coefficient (Wildman–Crippen LogP) is 5.75. The fraction of sp³-hybridized carbons (Fsp3) is 0.333. The van der Waals surface area contributed by atoms with Gasteiger partial charge in [0.1, 0.15) is 11.5 Å². The number of allylic oxidation sites excluding steroid dienone is 3. The van der Waals surface area contributed by atoms with E-state index in [1.54, 1.807) is 0 Å². The van der Waals surface area contributed by atoms with Crippen molar-refractivity contribution >= 4 is 23.5 Å². The number of aromatic nitrogens is 1. The number of hydrogen-bond acceptors (Lipinski definition) is 3. The monoisotopic (exact) mass is 352 g/mol. The van der Waals surface area contributed by atoms with Crippen LogP contribution in [0.4, 0.5) is 0 Å². The Bertz CT molecular complexity index is 847. The normalized spacial score (nSPS) is 20.4. The minimum Gasteiger partial charge on any atom is -0.440 e. The van der Waals surface area contributed by atoms with E-state index in [-0.39, 0.29) is 0 Å². The number of aryl methyl sites for hydroxylation is 1. The molecule has 2 heterocycles. The molecule has 2 aliphatic rings. The fourth-order valence-electron chi connectivity index (χ4n) is 3.53. The summed E-state index contributed by atoms with van der Waals surface area (Å²) in [5.41, 5.74) is 3.21. The highest BCUT2D eigenvalue weighted by atomic mass is 35.5. The predicted molar refractivity (Wildman–Crippen MR) is 102 cm³/mol. The molecule has 0 spiro atoms. The maximum absolute atomic E-state index is 6.18. The Morgan fingerprint density at radius 3 is 3.08 bits per heavy atom. The molecular weight excluding hydrogens is 332 g/mol. The highest BCUT2D eigenvalue weighted by Gasteiger charge is 2.24. The van der Waals surface area contributed by atoms with Crippen LogP contribution in [0.5, 0.6) is 0 Å². The quantitative estimate of drug-likeness (QED) is 0.645. The lowest BCUT2D eigenvalue weighted by Gasteiger charge is -2.14. The van der Waals surface area contributed by atoms with Gasteiger partial charge in [-0.05, 0) is 55.4 Å². The lowest BCUT2D eigenvalue weighted by molar-refractivity contribution is 0.481. The van der Waals surface area contributed by atoms with Gasteiger partial charge in [-0.15, -0.1) is 0 Å². The number of nitrogens with zero attached hydrogens (tertiary/aromatic N) is 2. The first-order chi connectivity index (χ1) is 12.3. The van der Waals surface area contributed by atoms with Crippen molar-refractivity contribution in [1.29, 1.82) is 0 Å². The number of fused-ring (bicyclic) bond motifs is 1. The van der Waals surface area contributed by atoms with E-state index in [2.05, 4.69) is 29.3 Å². The summed E-state index contributed by atoms with van der Waals surface area (Å²) in [5.74, 6) is 2.12. The summed E-state index contributed by atoms with van der Waals surface area (Å²) < 4.78 is 6.09. The van der Waals surface area contributed by atoms with Gasteiger partial charge in [0.05, 0.1) is 5.69 Å². The topological polar surface area (TPSA) is 38.4 Å². The zero-order valence-corrected chi connectivity index (χ0v) is 14.9. The van der Waals surface area contributed by atoms with Crippen molar-refractivity contribution in [2.24, 2.45) is 4.99 Å². The number of hydrogen-bond donors (Lipinski definition) is 0. The number of aliphatic imine (C=N–C) groups is 1. The molecule has 4 heteroatoms. The maximum Gasteiger partial charge on any atom is 0.245 e. The van der Waals surface area contributed by atoms with Gasteiger partial charge in [0, 0.05) is 24.1 Å². The van der Waals surface area contributed by atoms with Crippen molar-refractivity contribution in [3.05, 3.63) is 70.4 Å². The Hall–Kier alpha value is -2.13. The lowest BCUT2D eigenvalue weighted by atomic mass is 9.92. The van der Waals surface area contributed by atoms with Crippen LogP contribution in [0.25, 0.3) is 5.70 Å². The third-order valence-electron chi connectivity index (χ3n) is 4.82. The number of benzene rings is 1. The van der Waals surface area contributed by atoms with Crippen LogP contribution in [-0.2, 0) is 12.8 Å². The average molecular weight is 353 g/mol. The van der Waals surface area contributed by atoms with E-state index in [1.165, 1.54) is 5.56 Å². The molecule has 1 aliphatic carbocycles. The van der Waals surface area contributed by atoms with Crippen LogP contribution in [-0.4, -0.2) is 11.2 Å². The van der Waals surface area contributed by atoms with Crippen LogP contribution < -0.4 is 0 Å². The molecule has 3 nitrogen and oxygen atoms in total. The number of halogens is 1. The zero-order valence-electron chi connectivity index (χ0n) is 14.1. The van der Waals surface area contributed by atoms with Gasteiger partial charge >= 0.3 is 0 Å². The molecule has 0 saturated carbocycles. The summed E-state index contributed by atoms with van der Waals surface area (Å²) in [4.78, 5) is 9.28. The van der Waals surface area contributed by atoms with Gasteiger partial charge in [-0.3, -0.25) is 4.99 Å². The van der Waals surface area contributed by atoms with E-state index >= 15 is 0 Å². The second-order valence-electron chi connectivity index (χ2n) is 6.61. The highest BCUT2D eigenvalue weighted by molar-refractivity contribution is 6.30.